The molecule has 296 valence electrons. The molecule has 0 aromatic carbocycles. The first-order valence-electron chi connectivity index (χ1n) is 12.7. The number of carbonyl (C=O) groups excluding carboxylic acids is 8. The van der Waals surface area contributed by atoms with Crippen LogP contribution in [0.3, 0.4) is 0 Å². The van der Waals surface area contributed by atoms with Gasteiger partial charge in [0.15, 0.2) is 49.6 Å². The molecule has 27 heteroatoms. The summed E-state index contributed by atoms with van der Waals surface area (Å²) in [4.78, 5) is 82.8. The number of H-pyrrole nitrogens is 4. The van der Waals surface area contributed by atoms with Crippen molar-refractivity contribution < 1.29 is 136 Å². The zero-order chi connectivity index (χ0) is 41.1. The van der Waals surface area contributed by atoms with Crippen molar-refractivity contribution in [2.75, 3.05) is 22.9 Å². The Morgan fingerprint density at radius 2 is 0.400 bits per heavy atom. The van der Waals surface area contributed by atoms with E-state index in [2.05, 4.69) is 19.9 Å². The fourth-order valence-electron chi connectivity index (χ4n) is 1.60. The van der Waals surface area contributed by atoms with Gasteiger partial charge in [0, 0.05) is 71.3 Å². The Kier molecular flexibility index (Phi) is 46.3. The minimum atomic E-state index is -2.19. The topological polar surface area (TPSA) is 545 Å². The Morgan fingerprint density at radius 3 is 0.436 bits per heavy atom. The van der Waals surface area contributed by atoms with E-state index in [0.717, 1.165) is 22.7 Å². The van der Waals surface area contributed by atoms with Crippen molar-refractivity contribution >= 4 is 70.5 Å². The van der Waals surface area contributed by atoms with Gasteiger partial charge in [-0.05, 0) is 0 Å². The minimum Gasteiger partial charge on any atom is -0.543 e. The van der Waals surface area contributed by atoms with Crippen molar-refractivity contribution in [2.24, 2.45) is 0 Å². The number of nitrogens with two attached hydrogens (primary N) is 4. The van der Waals surface area contributed by atoms with Crippen molar-refractivity contribution in [3.05, 3.63) is 98.1 Å². The third-order valence-electron chi connectivity index (χ3n) is 3.64. The number of aromatic amines is 4. The third-order valence-corrected chi connectivity index (χ3v) is 3.64. The molecule has 0 radical (unpaired) electrons. The van der Waals surface area contributed by atoms with E-state index < -0.39 is 47.8 Å². The number of carboxylic acids is 8. The summed E-state index contributed by atoms with van der Waals surface area (Å²) in [6, 6.07) is 14.4. The molecule has 4 aromatic heterocycles. The number of pyridine rings is 4. The van der Waals surface area contributed by atoms with E-state index in [-0.39, 0.29) is 37.2 Å². The standard InChI is InChI=1S/4C5H6N2.4C2H2O4.2H2O.Zr/c4*6-5-1-3-7-4-2-5;4*3-1(4)2(5)6;;;/h4*1-4H,(H2,6,7);4*(H,3,4)(H,5,6);2*1H2;/q;;;;;;;;;;+4/p-4. The van der Waals surface area contributed by atoms with Gasteiger partial charge in [0.25, 0.3) is 0 Å². The molecule has 0 atom stereocenters. The Labute approximate surface area is 327 Å². The maximum Gasteiger partial charge on any atom is 4.00 e. The molecule has 0 bridgehead atoms. The number of rotatable bonds is 0. The molecular formula is C28H32N8O18Zr. The molecule has 4 rings (SSSR count). The van der Waals surface area contributed by atoms with Crippen LogP contribution in [0.15, 0.2) is 98.1 Å². The Morgan fingerprint density at radius 1 is 0.309 bits per heavy atom. The predicted octanol–water partition coefficient (Wildman–Crippen LogP) is -15.4. The molecular weight excluding hydrogens is 828 g/mol. The number of carboxylic acid groups (broad SMARTS) is 8. The van der Waals surface area contributed by atoms with Gasteiger partial charge in [-0.25, -0.2) is 19.9 Å². The number of aliphatic carboxylic acids is 8. The first-order valence-corrected chi connectivity index (χ1v) is 12.7. The van der Waals surface area contributed by atoms with Crippen molar-refractivity contribution in [1.29, 1.82) is 0 Å². The molecule has 0 aliphatic heterocycles. The number of nitrogen functional groups attached to an aromatic ring is 4. The van der Waals surface area contributed by atoms with Gasteiger partial charge in [0.05, 0.1) is 47.8 Å². The van der Waals surface area contributed by atoms with Gasteiger partial charge in [-0.3, -0.25) is 0 Å². The zero-order valence-electron chi connectivity index (χ0n) is 27.6. The molecule has 4 heterocycles. The van der Waals surface area contributed by atoms with Crippen molar-refractivity contribution in [1.82, 2.24) is 0 Å². The molecule has 26 nitrogen and oxygen atoms in total. The number of anilines is 4. The smallest absolute Gasteiger partial charge is 0.543 e. The second kappa shape index (κ2) is 40.8. The number of aromatic nitrogens is 4. The summed E-state index contributed by atoms with van der Waals surface area (Å²) in [7, 11) is 0. The molecule has 0 spiro atoms. The van der Waals surface area contributed by atoms with E-state index in [1.54, 1.807) is 98.1 Å². The maximum absolute atomic E-state index is 8.93. The normalized spacial score (nSPS) is 7.56. The SMILES string of the molecule is Nc1cc[nH+]cc1.Nc1cc[nH+]cc1.Nc1cc[nH+]cc1.Nc1cc[nH+]cc1.O.O.O=C([O-])C(=O)[O-].O=C([O-])C(=O)[O-].O=C([O-])C(=O)[O-].O=C([O-])C(=O)[O-].[Zr+4]. The van der Waals surface area contributed by atoms with Gasteiger partial charge in [-0.15, -0.1) is 0 Å². The summed E-state index contributed by atoms with van der Waals surface area (Å²) in [5.41, 5.74) is 24.5. The van der Waals surface area contributed by atoms with Crippen LogP contribution in [-0.4, -0.2) is 58.7 Å². The van der Waals surface area contributed by atoms with Crippen LogP contribution >= 0.6 is 0 Å². The molecule has 55 heavy (non-hydrogen) atoms. The molecule has 0 fully saturated rings. The first-order chi connectivity index (χ1) is 24.1. The quantitative estimate of drug-likeness (QED) is 0.119. The van der Waals surface area contributed by atoms with Gasteiger partial charge >= 0.3 is 26.2 Å². The average molecular weight is 860 g/mol. The van der Waals surface area contributed by atoms with Crippen molar-refractivity contribution in [3.63, 3.8) is 0 Å². The Balaban J connectivity index is -0.0000000952. The molecule has 0 aliphatic carbocycles. The second-order valence-corrected chi connectivity index (χ2v) is 7.63. The fourth-order valence-corrected chi connectivity index (χ4v) is 1.60. The summed E-state index contributed by atoms with van der Waals surface area (Å²) >= 11 is 0. The monoisotopic (exact) mass is 858 g/mol. The van der Waals surface area contributed by atoms with Crippen LogP contribution in [0, 0.1) is 0 Å². The van der Waals surface area contributed by atoms with Crippen LogP contribution < -0.4 is 83.7 Å². The molecule has 4 aromatic rings. The number of nitrogens with one attached hydrogen (secondary N) is 4. The minimum absolute atomic E-state index is 0. The summed E-state index contributed by atoms with van der Waals surface area (Å²) in [6.07, 6.45) is 14.3. The molecule has 0 amide bonds. The first kappa shape index (κ1) is 62.5. The summed E-state index contributed by atoms with van der Waals surface area (Å²) in [6.45, 7) is 0. The molecule has 0 saturated heterocycles. The summed E-state index contributed by atoms with van der Waals surface area (Å²) in [5.74, 6) is -17.5. The van der Waals surface area contributed by atoms with E-state index in [9.17, 15) is 0 Å². The molecule has 0 unspecified atom stereocenters. The average Bonchev–Trinajstić information content (AvgIpc) is 3.08. The van der Waals surface area contributed by atoms with Gasteiger partial charge in [-0.2, -0.15) is 0 Å². The fraction of sp³-hybridized carbons (Fsp3) is 0. The number of hydrogen-bond donors (Lipinski definition) is 4. The number of hydrogen-bond acceptors (Lipinski definition) is 20. The van der Waals surface area contributed by atoms with Crippen molar-refractivity contribution in [3.8, 4) is 0 Å². The van der Waals surface area contributed by atoms with Gasteiger partial charge in [0.2, 0.25) is 0 Å². The Bertz CT molecular complexity index is 1350. The van der Waals surface area contributed by atoms with E-state index in [1.807, 2.05) is 0 Å². The zero-order valence-corrected chi connectivity index (χ0v) is 30.0. The maximum atomic E-state index is 8.93. The van der Waals surface area contributed by atoms with E-state index in [4.69, 9.17) is 102 Å². The second-order valence-electron chi connectivity index (χ2n) is 7.63. The van der Waals surface area contributed by atoms with Crippen LogP contribution in [0.25, 0.3) is 0 Å². The molecule has 0 saturated carbocycles. The van der Waals surface area contributed by atoms with E-state index in [1.165, 1.54) is 0 Å². The van der Waals surface area contributed by atoms with Crippen molar-refractivity contribution in [2.45, 2.75) is 0 Å². The third kappa shape index (κ3) is 56.0. The largest absolute Gasteiger partial charge is 4.00 e. The van der Waals surface area contributed by atoms with Gasteiger partial charge in [-0.1, -0.05) is 0 Å². The molecule has 0 aliphatic rings. The van der Waals surface area contributed by atoms with Crippen LogP contribution in [0.5, 0.6) is 0 Å². The predicted molar refractivity (Wildman–Crippen MR) is 157 cm³/mol. The van der Waals surface area contributed by atoms with E-state index >= 15 is 0 Å². The Hall–Kier alpha value is -7.64. The van der Waals surface area contributed by atoms with Crippen LogP contribution in [0.1, 0.15) is 0 Å². The summed E-state index contributed by atoms with van der Waals surface area (Å²) in [5, 5.41) is 71.4. The number of carbonyl (C=O) groups is 8. The van der Waals surface area contributed by atoms with Gasteiger partial charge < -0.3 is 113 Å². The van der Waals surface area contributed by atoms with Crippen LogP contribution in [-0.2, 0) is 64.6 Å². The van der Waals surface area contributed by atoms with Crippen LogP contribution in [0.2, 0.25) is 0 Å². The summed E-state index contributed by atoms with van der Waals surface area (Å²) < 4.78 is 0. The van der Waals surface area contributed by atoms with Gasteiger partial charge in [0.1, 0.15) is 0 Å². The molecule has 16 N–H and O–H groups in total. The van der Waals surface area contributed by atoms with Crippen LogP contribution in [0.4, 0.5) is 22.7 Å². The van der Waals surface area contributed by atoms with E-state index in [0.29, 0.717) is 0 Å².